The first-order chi connectivity index (χ1) is 5.83. The van der Waals surface area contributed by atoms with Crippen LogP contribution in [0.25, 0.3) is 0 Å². The molecule has 2 nitrogen and oxygen atoms in total. The van der Waals surface area contributed by atoms with E-state index in [-0.39, 0.29) is 0 Å². The number of nitrogens with zero attached hydrogens (tertiary/aromatic N) is 1. The summed E-state index contributed by atoms with van der Waals surface area (Å²) in [6, 6.07) is 0. The van der Waals surface area contributed by atoms with Gasteiger partial charge >= 0.3 is 0 Å². The molecular formula is C8H16BrNOS. The van der Waals surface area contributed by atoms with Crippen molar-refractivity contribution < 1.29 is 4.21 Å². The van der Waals surface area contributed by atoms with Gasteiger partial charge in [0, 0.05) is 34.2 Å². The molecule has 0 aromatic rings. The van der Waals surface area contributed by atoms with Gasteiger partial charge < -0.3 is 4.90 Å². The zero-order chi connectivity index (χ0) is 8.81. The van der Waals surface area contributed by atoms with Gasteiger partial charge in [0.15, 0.2) is 0 Å². The van der Waals surface area contributed by atoms with Gasteiger partial charge in [0.1, 0.15) is 0 Å². The van der Waals surface area contributed by atoms with Crippen molar-refractivity contribution in [2.24, 2.45) is 0 Å². The van der Waals surface area contributed by atoms with E-state index in [1.54, 1.807) is 0 Å². The highest BCUT2D eigenvalue weighted by Gasteiger charge is 2.11. The maximum absolute atomic E-state index is 11.2. The number of alkyl halides is 1. The third-order valence-corrected chi connectivity index (χ3v) is 4.03. The third-order valence-electron chi connectivity index (χ3n) is 2.09. The predicted molar refractivity (Wildman–Crippen MR) is 57.3 cm³/mol. The molecule has 0 radical (unpaired) electrons. The van der Waals surface area contributed by atoms with Gasteiger partial charge in [-0.2, -0.15) is 0 Å². The Bertz CT molecular complexity index is 154. The van der Waals surface area contributed by atoms with E-state index < -0.39 is 10.8 Å². The van der Waals surface area contributed by atoms with Crippen LogP contribution in [-0.2, 0) is 10.8 Å². The van der Waals surface area contributed by atoms with Gasteiger partial charge in [-0.25, -0.2) is 0 Å². The van der Waals surface area contributed by atoms with Crippen LogP contribution in [0.15, 0.2) is 0 Å². The average molecular weight is 254 g/mol. The summed E-state index contributed by atoms with van der Waals surface area (Å²) in [5.74, 6) is 1.78. The molecule has 1 unspecified atom stereocenters. The highest BCUT2D eigenvalue weighted by molar-refractivity contribution is 9.09. The van der Waals surface area contributed by atoms with Crippen LogP contribution >= 0.6 is 15.9 Å². The van der Waals surface area contributed by atoms with E-state index in [0.717, 1.165) is 42.9 Å². The standard InChI is InChI=1S/C8H16BrNOS/c9-3-1-4-10-5-2-7-12(11)8-6-10/h1-8H2. The Kier molecular flexibility index (Phi) is 5.43. The van der Waals surface area contributed by atoms with Gasteiger partial charge in [0.2, 0.25) is 0 Å². The summed E-state index contributed by atoms with van der Waals surface area (Å²) in [7, 11) is -0.537. The molecule has 12 heavy (non-hydrogen) atoms. The molecule has 4 heteroatoms. The van der Waals surface area contributed by atoms with Crippen molar-refractivity contribution in [2.75, 3.05) is 36.5 Å². The molecule has 1 atom stereocenters. The smallest absolute Gasteiger partial charge is 0.0362 e. The summed E-state index contributed by atoms with van der Waals surface area (Å²) in [6.45, 7) is 3.32. The molecule has 0 aromatic carbocycles. The van der Waals surface area contributed by atoms with Crippen LogP contribution < -0.4 is 0 Å². The van der Waals surface area contributed by atoms with Crippen molar-refractivity contribution in [3.63, 3.8) is 0 Å². The van der Waals surface area contributed by atoms with Crippen LogP contribution in [0.4, 0.5) is 0 Å². The Morgan fingerprint density at radius 2 is 2.17 bits per heavy atom. The molecule has 0 saturated carbocycles. The molecule has 0 spiro atoms. The monoisotopic (exact) mass is 253 g/mol. The lowest BCUT2D eigenvalue weighted by atomic mass is 10.3. The van der Waals surface area contributed by atoms with E-state index in [2.05, 4.69) is 20.8 Å². The molecule has 1 saturated heterocycles. The first-order valence-corrected chi connectivity index (χ1v) is 7.07. The second kappa shape index (κ2) is 6.11. The number of halogens is 1. The van der Waals surface area contributed by atoms with Crippen molar-refractivity contribution in [3.05, 3.63) is 0 Å². The molecule has 72 valence electrons. The Morgan fingerprint density at radius 3 is 2.92 bits per heavy atom. The van der Waals surface area contributed by atoms with E-state index in [9.17, 15) is 4.21 Å². The maximum atomic E-state index is 11.2. The summed E-state index contributed by atoms with van der Waals surface area (Å²) >= 11 is 3.42. The van der Waals surface area contributed by atoms with Crippen LogP contribution in [0.3, 0.4) is 0 Å². The van der Waals surface area contributed by atoms with E-state index >= 15 is 0 Å². The second-order valence-electron chi connectivity index (χ2n) is 3.09. The van der Waals surface area contributed by atoms with E-state index in [1.807, 2.05) is 0 Å². The molecule has 1 rings (SSSR count). The lowest BCUT2D eigenvalue weighted by Crippen LogP contribution is -2.27. The zero-order valence-electron chi connectivity index (χ0n) is 7.30. The SMILES string of the molecule is O=S1CCCN(CCCBr)CC1. The summed E-state index contributed by atoms with van der Waals surface area (Å²) in [5.41, 5.74) is 0. The zero-order valence-corrected chi connectivity index (χ0v) is 9.70. The fourth-order valence-corrected chi connectivity index (χ4v) is 2.77. The number of hydrogen-bond acceptors (Lipinski definition) is 2. The first kappa shape index (κ1) is 10.7. The Labute approximate surface area is 85.3 Å². The minimum absolute atomic E-state index is 0.537. The summed E-state index contributed by atoms with van der Waals surface area (Å²) in [6.07, 6.45) is 2.31. The Hall–Kier alpha value is 0.590. The van der Waals surface area contributed by atoms with E-state index in [4.69, 9.17) is 0 Å². The average Bonchev–Trinajstić information content (AvgIpc) is 2.27. The molecule has 0 bridgehead atoms. The highest BCUT2D eigenvalue weighted by Crippen LogP contribution is 2.02. The van der Waals surface area contributed by atoms with Crippen molar-refractivity contribution in [3.8, 4) is 0 Å². The van der Waals surface area contributed by atoms with Crippen LogP contribution in [0.5, 0.6) is 0 Å². The number of rotatable bonds is 3. The van der Waals surface area contributed by atoms with Crippen LogP contribution in [-0.4, -0.2) is 45.6 Å². The third kappa shape index (κ3) is 4.01. The summed E-state index contributed by atoms with van der Waals surface area (Å²) < 4.78 is 11.2. The first-order valence-electron chi connectivity index (χ1n) is 4.46. The lowest BCUT2D eigenvalue weighted by molar-refractivity contribution is 0.297. The van der Waals surface area contributed by atoms with Crippen LogP contribution in [0, 0.1) is 0 Å². The fourth-order valence-electron chi connectivity index (χ4n) is 1.40. The summed E-state index contributed by atoms with van der Waals surface area (Å²) in [4.78, 5) is 2.42. The van der Waals surface area contributed by atoms with Gasteiger partial charge in [-0.3, -0.25) is 4.21 Å². The molecule has 1 heterocycles. The molecule has 0 amide bonds. The van der Waals surface area contributed by atoms with Gasteiger partial charge in [0.05, 0.1) is 0 Å². The van der Waals surface area contributed by atoms with Crippen molar-refractivity contribution in [1.82, 2.24) is 4.90 Å². The van der Waals surface area contributed by atoms with Crippen molar-refractivity contribution in [1.29, 1.82) is 0 Å². The van der Waals surface area contributed by atoms with Crippen LogP contribution in [0.2, 0.25) is 0 Å². The van der Waals surface area contributed by atoms with Gasteiger partial charge in [-0.15, -0.1) is 0 Å². The Morgan fingerprint density at radius 1 is 1.33 bits per heavy atom. The molecule has 1 aliphatic rings. The van der Waals surface area contributed by atoms with Crippen molar-refractivity contribution in [2.45, 2.75) is 12.8 Å². The minimum Gasteiger partial charge on any atom is -0.302 e. The molecule has 0 N–H and O–H groups in total. The molecule has 1 aliphatic heterocycles. The Balaban J connectivity index is 2.21. The van der Waals surface area contributed by atoms with E-state index in [1.165, 1.54) is 6.42 Å². The largest absolute Gasteiger partial charge is 0.302 e. The molecule has 0 aliphatic carbocycles. The van der Waals surface area contributed by atoms with Gasteiger partial charge in [-0.1, -0.05) is 15.9 Å². The minimum atomic E-state index is -0.537. The predicted octanol–water partition coefficient (Wildman–Crippen LogP) is 1.23. The van der Waals surface area contributed by atoms with Crippen LogP contribution in [0.1, 0.15) is 12.8 Å². The quantitative estimate of drug-likeness (QED) is 0.706. The topological polar surface area (TPSA) is 20.3 Å². The highest BCUT2D eigenvalue weighted by atomic mass is 79.9. The summed E-state index contributed by atoms with van der Waals surface area (Å²) in [5, 5.41) is 1.08. The normalized spacial score (nSPS) is 26.9. The molecule has 0 aromatic heterocycles. The molecule has 1 fully saturated rings. The van der Waals surface area contributed by atoms with Crippen molar-refractivity contribution >= 4 is 26.7 Å². The second-order valence-corrected chi connectivity index (χ2v) is 5.57. The lowest BCUT2D eigenvalue weighted by Gasteiger charge is -2.17. The van der Waals surface area contributed by atoms with Gasteiger partial charge in [-0.05, 0) is 25.9 Å². The maximum Gasteiger partial charge on any atom is 0.0362 e. The van der Waals surface area contributed by atoms with Gasteiger partial charge in [0.25, 0.3) is 0 Å². The number of hydrogen-bond donors (Lipinski definition) is 0. The fraction of sp³-hybridized carbons (Fsp3) is 1.00. The molecular weight excluding hydrogens is 238 g/mol. The van der Waals surface area contributed by atoms with E-state index in [0.29, 0.717) is 0 Å².